The molecule has 0 bridgehead atoms. The van der Waals surface area contributed by atoms with Crippen LogP contribution in [0.25, 0.3) is 0 Å². The van der Waals surface area contributed by atoms with Crippen molar-refractivity contribution in [3.63, 3.8) is 0 Å². The van der Waals surface area contributed by atoms with Crippen molar-refractivity contribution in [2.24, 2.45) is 0 Å². The van der Waals surface area contributed by atoms with Crippen LogP contribution in [0.3, 0.4) is 0 Å². The summed E-state index contributed by atoms with van der Waals surface area (Å²) in [6.07, 6.45) is 2.69. The first-order valence-electron chi connectivity index (χ1n) is 5.27. The summed E-state index contributed by atoms with van der Waals surface area (Å²) in [6, 6.07) is 1.84. The largest absolute Gasteiger partial charge is 0.384 e. The maximum atomic E-state index is 5.64. The van der Waals surface area contributed by atoms with Gasteiger partial charge in [-0.15, -0.1) is 0 Å². The van der Waals surface area contributed by atoms with Gasteiger partial charge in [0.25, 0.3) is 0 Å². The number of nitrogen functional groups attached to an aromatic ring is 1. The summed E-state index contributed by atoms with van der Waals surface area (Å²) in [5.41, 5.74) is 5.64. The summed E-state index contributed by atoms with van der Waals surface area (Å²) in [5, 5.41) is 0. The number of hydrogen-bond donors (Lipinski definition) is 1. The molecule has 0 aromatic carbocycles. The fraction of sp³-hybridized carbons (Fsp3) is 0.600. The SMILES string of the molecule is CN1CCCN(c2cc(N)ncn2)CC1. The molecular formula is C10H17N5. The molecule has 15 heavy (non-hydrogen) atoms. The van der Waals surface area contributed by atoms with E-state index in [0.717, 1.165) is 32.0 Å². The molecular weight excluding hydrogens is 190 g/mol. The second-order valence-electron chi connectivity index (χ2n) is 3.94. The van der Waals surface area contributed by atoms with E-state index in [9.17, 15) is 0 Å². The number of aromatic nitrogens is 2. The number of anilines is 2. The molecule has 2 N–H and O–H groups in total. The third-order valence-corrected chi connectivity index (χ3v) is 2.72. The van der Waals surface area contributed by atoms with Gasteiger partial charge in [0.05, 0.1) is 0 Å². The summed E-state index contributed by atoms with van der Waals surface area (Å²) in [7, 11) is 2.15. The van der Waals surface area contributed by atoms with Crippen molar-refractivity contribution in [3.05, 3.63) is 12.4 Å². The van der Waals surface area contributed by atoms with E-state index in [4.69, 9.17) is 5.73 Å². The average molecular weight is 207 g/mol. The molecule has 1 aliphatic heterocycles. The lowest BCUT2D eigenvalue weighted by Crippen LogP contribution is -2.29. The summed E-state index contributed by atoms with van der Waals surface area (Å²) >= 11 is 0. The van der Waals surface area contributed by atoms with Crippen molar-refractivity contribution < 1.29 is 0 Å². The Morgan fingerprint density at radius 3 is 2.87 bits per heavy atom. The molecule has 1 aromatic heterocycles. The van der Waals surface area contributed by atoms with Gasteiger partial charge in [-0.3, -0.25) is 0 Å². The van der Waals surface area contributed by atoms with Crippen molar-refractivity contribution in [3.8, 4) is 0 Å². The normalized spacial score (nSPS) is 18.9. The first-order valence-corrected chi connectivity index (χ1v) is 5.27. The Morgan fingerprint density at radius 2 is 2.07 bits per heavy atom. The van der Waals surface area contributed by atoms with E-state index in [1.54, 1.807) is 0 Å². The highest BCUT2D eigenvalue weighted by Crippen LogP contribution is 2.14. The Hall–Kier alpha value is -1.36. The van der Waals surface area contributed by atoms with Crippen LogP contribution < -0.4 is 10.6 Å². The molecule has 0 aliphatic carbocycles. The second-order valence-corrected chi connectivity index (χ2v) is 3.94. The molecule has 0 radical (unpaired) electrons. The zero-order valence-electron chi connectivity index (χ0n) is 9.06. The maximum Gasteiger partial charge on any atom is 0.134 e. The quantitative estimate of drug-likeness (QED) is 0.713. The lowest BCUT2D eigenvalue weighted by molar-refractivity contribution is 0.360. The van der Waals surface area contributed by atoms with E-state index in [2.05, 4.69) is 26.8 Å². The number of likely N-dealkylation sites (N-methyl/N-ethyl adjacent to an activating group) is 1. The third-order valence-electron chi connectivity index (χ3n) is 2.72. The molecule has 1 fully saturated rings. The van der Waals surface area contributed by atoms with Gasteiger partial charge in [0.15, 0.2) is 0 Å². The smallest absolute Gasteiger partial charge is 0.134 e. The molecule has 82 valence electrons. The Kier molecular flexibility index (Phi) is 3.01. The minimum atomic E-state index is 0.539. The van der Waals surface area contributed by atoms with Gasteiger partial charge in [-0.25, -0.2) is 9.97 Å². The van der Waals surface area contributed by atoms with Crippen molar-refractivity contribution in [1.29, 1.82) is 0 Å². The zero-order chi connectivity index (χ0) is 10.7. The lowest BCUT2D eigenvalue weighted by Gasteiger charge is -2.21. The maximum absolute atomic E-state index is 5.64. The van der Waals surface area contributed by atoms with Crippen molar-refractivity contribution in [1.82, 2.24) is 14.9 Å². The molecule has 1 saturated heterocycles. The Balaban J connectivity index is 2.09. The van der Waals surface area contributed by atoms with Crippen molar-refractivity contribution in [2.45, 2.75) is 6.42 Å². The molecule has 0 spiro atoms. The van der Waals surface area contributed by atoms with Gasteiger partial charge in [0.1, 0.15) is 18.0 Å². The highest BCUT2D eigenvalue weighted by atomic mass is 15.2. The third kappa shape index (κ3) is 2.56. The van der Waals surface area contributed by atoms with Gasteiger partial charge in [0.2, 0.25) is 0 Å². The van der Waals surface area contributed by atoms with Crippen LogP contribution in [-0.4, -0.2) is 48.1 Å². The lowest BCUT2D eigenvalue weighted by atomic mass is 10.4. The minimum Gasteiger partial charge on any atom is -0.384 e. The molecule has 5 heteroatoms. The van der Waals surface area contributed by atoms with Crippen LogP contribution in [0.2, 0.25) is 0 Å². The molecule has 1 aromatic rings. The number of rotatable bonds is 1. The zero-order valence-corrected chi connectivity index (χ0v) is 9.06. The minimum absolute atomic E-state index is 0.539. The molecule has 2 heterocycles. The number of nitrogens with zero attached hydrogens (tertiary/aromatic N) is 4. The Bertz CT molecular complexity index is 327. The van der Waals surface area contributed by atoms with E-state index < -0.39 is 0 Å². The van der Waals surface area contributed by atoms with Gasteiger partial charge < -0.3 is 15.5 Å². The highest BCUT2D eigenvalue weighted by molar-refractivity contribution is 5.45. The van der Waals surface area contributed by atoms with E-state index in [1.807, 2.05) is 6.07 Å². The van der Waals surface area contributed by atoms with Crippen molar-refractivity contribution >= 4 is 11.6 Å². The predicted molar refractivity (Wildman–Crippen MR) is 60.8 cm³/mol. The van der Waals surface area contributed by atoms with Gasteiger partial charge in [-0.1, -0.05) is 0 Å². The van der Waals surface area contributed by atoms with E-state index in [0.29, 0.717) is 5.82 Å². The summed E-state index contributed by atoms with van der Waals surface area (Å²) in [4.78, 5) is 12.8. The van der Waals surface area contributed by atoms with Crippen LogP contribution in [0.5, 0.6) is 0 Å². The Morgan fingerprint density at radius 1 is 1.20 bits per heavy atom. The summed E-state index contributed by atoms with van der Waals surface area (Å²) < 4.78 is 0. The van der Waals surface area contributed by atoms with E-state index in [-0.39, 0.29) is 0 Å². The Labute approximate surface area is 89.9 Å². The first-order chi connectivity index (χ1) is 7.25. The standard InChI is InChI=1S/C10H17N5/c1-14-3-2-4-15(6-5-14)10-7-9(11)12-8-13-10/h7-8H,2-6H2,1H3,(H2,11,12,13). The molecule has 0 unspecified atom stereocenters. The molecule has 5 nitrogen and oxygen atoms in total. The molecule has 0 atom stereocenters. The highest BCUT2D eigenvalue weighted by Gasteiger charge is 2.13. The molecule has 1 aliphatic rings. The average Bonchev–Trinajstić information content (AvgIpc) is 2.43. The molecule has 2 rings (SSSR count). The van der Waals surface area contributed by atoms with Gasteiger partial charge in [-0.2, -0.15) is 0 Å². The van der Waals surface area contributed by atoms with Gasteiger partial charge in [0, 0.05) is 25.7 Å². The fourth-order valence-electron chi connectivity index (χ4n) is 1.81. The number of hydrogen-bond acceptors (Lipinski definition) is 5. The van der Waals surface area contributed by atoms with Gasteiger partial charge >= 0.3 is 0 Å². The van der Waals surface area contributed by atoms with Crippen LogP contribution in [0.4, 0.5) is 11.6 Å². The predicted octanol–water partition coefficient (Wildman–Crippen LogP) is 0.201. The van der Waals surface area contributed by atoms with Crippen LogP contribution >= 0.6 is 0 Å². The first kappa shape index (κ1) is 10.2. The summed E-state index contributed by atoms with van der Waals surface area (Å²) in [6.45, 7) is 4.27. The monoisotopic (exact) mass is 207 g/mol. The topological polar surface area (TPSA) is 58.3 Å². The van der Waals surface area contributed by atoms with Crippen LogP contribution in [-0.2, 0) is 0 Å². The number of nitrogens with two attached hydrogens (primary N) is 1. The second kappa shape index (κ2) is 4.44. The van der Waals surface area contributed by atoms with Crippen LogP contribution in [0.15, 0.2) is 12.4 Å². The molecule has 0 amide bonds. The van der Waals surface area contributed by atoms with Crippen molar-refractivity contribution in [2.75, 3.05) is 43.9 Å². The summed E-state index contributed by atoms with van der Waals surface area (Å²) in [5.74, 6) is 1.48. The van der Waals surface area contributed by atoms with Crippen LogP contribution in [0, 0.1) is 0 Å². The van der Waals surface area contributed by atoms with E-state index >= 15 is 0 Å². The van der Waals surface area contributed by atoms with E-state index in [1.165, 1.54) is 12.7 Å². The fourth-order valence-corrected chi connectivity index (χ4v) is 1.81. The van der Waals surface area contributed by atoms with Gasteiger partial charge in [-0.05, 0) is 20.0 Å². The molecule has 0 saturated carbocycles. The van der Waals surface area contributed by atoms with Crippen LogP contribution in [0.1, 0.15) is 6.42 Å².